The number of hydrogen-bond acceptors (Lipinski definition) is 2. The fourth-order valence-corrected chi connectivity index (χ4v) is 1.32. The molecule has 0 atom stereocenters. The number of benzene rings is 1. The maximum absolute atomic E-state index is 11.6. The van der Waals surface area contributed by atoms with Crippen LogP contribution < -0.4 is 4.90 Å². The lowest BCUT2D eigenvalue weighted by Crippen LogP contribution is -2.26. The van der Waals surface area contributed by atoms with Crippen molar-refractivity contribution >= 4 is 17.4 Å². The second-order valence-electron chi connectivity index (χ2n) is 3.75. The number of anilines is 1. The first-order valence-electron chi connectivity index (χ1n) is 4.98. The Hall–Kier alpha value is -1.90. The quantitative estimate of drug-likeness (QED) is 0.576. The van der Waals surface area contributed by atoms with E-state index in [2.05, 4.69) is 6.58 Å². The Bertz CT molecular complexity index is 432. The number of nitrogens with zero attached hydrogens (tertiary/aromatic N) is 1. The van der Waals surface area contributed by atoms with Gasteiger partial charge >= 0.3 is 0 Å². The minimum atomic E-state index is -0.129. The molecule has 0 spiro atoms. The van der Waals surface area contributed by atoms with Crippen LogP contribution in [0.5, 0.6) is 0 Å². The summed E-state index contributed by atoms with van der Waals surface area (Å²) in [5.41, 5.74) is 1.87. The summed E-state index contributed by atoms with van der Waals surface area (Å²) in [7, 11) is 1.68. The van der Waals surface area contributed by atoms with E-state index in [0.29, 0.717) is 11.1 Å². The highest BCUT2D eigenvalue weighted by atomic mass is 16.2. The maximum atomic E-state index is 11.6. The molecule has 3 nitrogen and oxygen atoms in total. The molecule has 0 heterocycles. The largest absolute Gasteiger partial charge is 0.312 e. The zero-order valence-electron chi connectivity index (χ0n) is 9.78. The number of carbonyl (C=O) groups is 2. The summed E-state index contributed by atoms with van der Waals surface area (Å²) in [6.45, 7) is 6.78. The zero-order chi connectivity index (χ0) is 12.3. The summed E-state index contributed by atoms with van der Waals surface area (Å²) in [6.07, 6.45) is 0. The molecule has 0 radical (unpaired) electrons. The number of Topliss-reactive ketones (excluding diaryl/α,β-unsaturated/α-hetero) is 1. The summed E-state index contributed by atoms with van der Waals surface area (Å²) in [6, 6.07) is 6.91. The Morgan fingerprint density at radius 2 is 1.62 bits per heavy atom. The molecule has 1 aromatic rings. The number of rotatable bonds is 3. The predicted molar refractivity (Wildman–Crippen MR) is 64.7 cm³/mol. The molecule has 0 aliphatic heterocycles. The van der Waals surface area contributed by atoms with Gasteiger partial charge in [-0.05, 0) is 38.1 Å². The van der Waals surface area contributed by atoms with Gasteiger partial charge in [0.1, 0.15) is 0 Å². The Kier molecular flexibility index (Phi) is 3.61. The van der Waals surface area contributed by atoms with Gasteiger partial charge < -0.3 is 4.90 Å². The maximum Gasteiger partial charge on any atom is 0.253 e. The number of carbonyl (C=O) groups excluding carboxylic acids is 2. The van der Waals surface area contributed by atoms with Gasteiger partial charge in [0.15, 0.2) is 5.78 Å². The molecule has 0 saturated carbocycles. The van der Waals surface area contributed by atoms with Crippen LogP contribution in [-0.4, -0.2) is 18.7 Å². The number of likely N-dealkylation sites (N-methyl/N-ethyl adjacent to an activating group) is 1. The van der Waals surface area contributed by atoms with Gasteiger partial charge in [0.25, 0.3) is 5.91 Å². The van der Waals surface area contributed by atoms with Crippen molar-refractivity contribution in [3.8, 4) is 0 Å². The van der Waals surface area contributed by atoms with Gasteiger partial charge in [-0.15, -0.1) is 0 Å². The second kappa shape index (κ2) is 4.75. The average molecular weight is 217 g/mol. The zero-order valence-corrected chi connectivity index (χ0v) is 9.78. The van der Waals surface area contributed by atoms with Crippen molar-refractivity contribution in [2.45, 2.75) is 13.8 Å². The van der Waals surface area contributed by atoms with Gasteiger partial charge in [-0.25, -0.2) is 0 Å². The van der Waals surface area contributed by atoms with E-state index in [1.807, 2.05) is 0 Å². The van der Waals surface area contributed by atoms with E-state index in [1.165, 1.54) is 11.8 Å². The first kappa shape index (κ1) is 12.2. The predicted octanol–water partition coefficient (Wildman–Crippen LogP) is 2.43. The lowest BCUT2D eigenvalue weighted by Gasteiger charge is -2.17. The van der Waals surface area contributed by atoms with Crippen molar-refractivity contribution in [3.05, 3.63) is 42.0 Å². The molecule has 0 aliphatic carbocycles. The van der Waals surface area contributed by atoms with Gasteiger partial charge in [-0.3, -0.25) is 9.59 Å². The Balaban J connectivity index is 2.94. The summed E-state index contributed by atoms with van der Waals surface area (Å²) in [5, 5.41) is 0. The van der Waals surface area contributed by atoms with E-state index in [4.69, 9.17) is 0 Å². The van der Waals surface area contributed by atoms with E-state index < -0.39 is 0 Å². The van der Waals surface area contributed by atoms with Gasteiger partial charge in [-0.1, -0.05) is 6.58 Å². The van der Waals surface area contributed by atoms with Crippen LogP contribution in [0.2, 0.25) is 0 Å². The van der Waals surface area contributed by atoms with Gasteiger partial charge in [0.05, 0.1) is 0 Å². The van der Waals surface area contributed by atoms with Crippen molar-refractivity contribution < 1.29 is 9.59 Å². The molecular formula is C13H15NO2. The van der Waals surface area contributed by atoms with Crippen LogP contribution in [0, 0.1) is 0 Å². The highest BCUT2D eigenvalue weighted by molar-refractivity contribution is 6.04. The van der Waals surface area contributed by atoms with Gasteiger partial charge in [-0.2, -0.15) is 0 Å². The van der Waals surface area contributed by atoms with Gasteiger partial charge in [0.2, 0.25) is 0 Å². The van der Waals surface area contributed by atoms with Crippen molar-refractivity contribution in [3.63, 3.8) is 0 Å². The lowest BCUT2D eigenvalue weighted by atomic mass is 10.1. The third-order valence-electron chi connectivity index (χ3n) is 2.33. The monoisotopic (exact) mass is 217 g/mol. The Morgan fingerprint density at radius 1 is 1.12 bits per heavy atom. The molecule has 0 N–H and O–H groups in total. The van der Waals surface area contributed by atoms with E-state index in [-0.39, 0.29) is 11.7 Å². The number of ketones is 1. The highest BCUT2D eigenvalue weighted by Gasteiger charge is 2.11. The van der Waals surface area contributed by atoms with E-state index in [0.717, 1.165) is 5.69 Å². The van der Waals surface area contributed by atoms with Crippen LogP contribution in [-0.2, 0) is 4.79 Å². The standard InChI is InChI=1S/C13H15NO2/c1-9(2)13(16)14(4)12-7-5-11(6-8-12)10(3)15/h5-8H,1H2,2-4H3. The molecule has 0 bridgehead atoms. The van der Waals surface area contributed by atoms with Gasteiger partial charge in [0, 0.05) is 23.9 Å². The Labute approximate surface area is 95.4 Å². The van der Waals surface area contributed by atoms with E-state index >= 15 is 0 Å². The molecule has 1 amide bonds. The number of amides is 1. The van der Waals surface area contributed by atoms with Crippen LogP contribution in [0.3, 0.4) is 0 Å². The van der Waals surface area contributed by atoms with Crippen molar-refractivity contribution in [1.29, 1.82) is 0 Å². The first-order valence-corrected chi connectivity index (χ1v) is 4.98. The SMILES string of the molecule is C=C(C)C(=O)N(C)c1ccc(C(C)=O)cc1. The molecule has 0 aromatic heterocycles. The van der Waals surface area contributed by atoms with Crippen LogP contribution >= 0.6 is 0 Å². The molecule has 0 saturated heterocycles. The summed E-state index contributed by atoms with van der Waals surface area (Å²) in [5.74, 6) is -0.115. The molecule has 1 aromatic carbocycles. The van der Waals surface area contributed by atoms with Crippen LogP contribution in [0.4, 0.5) is 5.69 Å². The third-order valence-corrected chi connectivity index (χ3v) is 2.33. The highest BCUT2D eigenvalue weighted by Crippen LogP contribution is 2.15. The molecule has 3 heteroatoms. The fraction of sp³-hybridized carbons (Fsp3) is 0.231. The molecule has 16 heavy (non-hydrogen) atoms. The van der Waals surface area contributed by atoms with Crippen LogP contribution in [0.25, 0.3) is 0 Å². The summed E-state index contributed by atoms with van der Waals surface area (Å²) >= 11 is 0. The molecule has 84 valence electrons. The van der Waals surface area contributed by atoms with Crippen molar-refractivity contribution in [1.82, 2.24) is 0 Å². The summed E-state index contributed by atoms with van der Waals surface area (Å²) in [4.78, 5) is 24.2. The van der Waals surface area contributed by atoms with Crippen LogP contribution in [0.15, 0.2) is 36.4 Å². The molecular weight excluding hydrogens is 202 g/mol. The number of hydrogen-bond donors (Lipinski definition) is 0. The molecule has 0 aliphatic rings. The smallest absolute Gasteiger partial charge is 0.253 e. The minimum Gasteiger partial charge on any atom is -0.312 e. The fourth-order valence-electron chi connectivity index (χ4n) is 1.32. The van der Waals surface area contributed by atoms with Crippen LogP contribution in [0.1, 0.15) is 24.2 Å². The lowest BCUT2D eigenvalue weighted by molar-refractivity contribution is -0.114. The average Bonchev–Trinajstić information content (AvgIpc) is 2.27. The van der Waals surface area contributed by atoms with E-state index in [9.17, 15) is 9.59 Å². The topological polar surface area (TPSA) is 37.4 Å². The third kappa shape index (κ3) is 2.57. The second-order valence-corrected chi connectivity index (χ2v) is 3.75. The minimum absolute atomic E-state index is 0.0143. The first-order chi connectivity index (χ1) is 7.43. The summed E-state index contributed by atoms with van der Waals surface area (Å²) < 4.78 is 0. The van der Waals surface area contributed by atoms with E-state index in [1.54, 1.807) is 38.2 Å². The molecule has 1 rings (SSSR count). The van der Waals surface area contributed by atoms with Crippen molar-refractivity contribution in [2.75, 3.05) is 11.9 Å². The van der Waals surface area contributed by atoms with Crippen molar-refractivity contribution in [2.24, 2.45) is 0 Å². The Morgan fingerprint density at radius 3 is 2.00 bits per heavy atom. The normalized spacial score (nSPS) is 9.69. The molecule has 0 unspecified atom stereocenters. The molecule has 0 fully saturated rings.